The van der Waals surface area contributed by atoms with E-state index in [2.05, 4.69) is 16.8 Å². The smallest absolute Gasteiger partial charge is 0.196 e. The number of carbonyl (C=O) groups excluding carboxylic acids is 1. The van der Waals surface area contributed by atoms with Crippen LogP contribution in [0.3, 0.4) is 0 Å². The maximum absolute atomic E-state index is 11.2. The van der Waals surface area contributed by atoms with Crippen molar-refractivity contribution in [3.05, 3.63) is 17.3 Å². The van der Waals surface area contributed by atoms with Crippen LogP contribution >= 0.6 is 11.3 Å². The fourth-order valence-corrected chi connectivity index (χ4v) is 2.87. The molecule has 1 fully saturated rings. The molecule has 6 heteroatoms. The van der Waals surface area contributed by atoms with Crippen LogP contribution in [-0.4, -0.2) is 41.5 Å². The highest BCUT2D eigenvalue weighted by molar-refractivity contribution is 7.15. The Kier molecular flexibility index (Phi) is 2.60. The van der Waals surface area contributed by atoms with Gasteiger partial charge in [-0.05, 0) is 6.92 Å². The number of morpholine rings is 1. The summed E-state index contributed by atoms with van der Waals surface area (Å²) in [5.74, 6) is 0.780. The molecule has 0 spiro atoms. The van der Waals surface area contributed by atoms with E-state index in [1.54, 1.807) is 0 Å². The van der Waals surface area contributed by atoms with Crippen LogP contribution < -0.4 is 4.90 Å². The number of aldehydes is 1. The molecule has 1 atom stereocenters. The third kappa shape index (κ3) is 1.64. The van der Waals surface area contributed by atoms with Crippen molar-refractivity contribution in [3.63, 3.8) is 0 Å². The molecular weight excluding hydrogens is 238 g/mol. The summed E-state index contributed by atoms with van der Waals surface area (Å²) in [4.78, 5) is 18.8. The molecule has 0 radical (unpaired) electrons. The molecule has 0 bridgehead atoms. The van der Waals surface area contributed by atoms with E-state index in [0.717, 1.165) is 23.6 Å². The molecule has 0 amide bonds. The number of imidazole rings is 1. The number of hydrogen-bond acceptors (Lipinski definition) is 5. The molecular formula is C11H13N3O2S. The first-order chi connectivity index (χ1) is 8.31. The lowest BCUT2D eigenvalue weighted by Gasteiger charge is -2.33. The van der Waals surface area contributed by atoms with Gasteiger partial charge in [-0.2, -0.15) is 0 Å². The van der Waals surface area contributed by atoms with Crippen LogP contribution in [0.25, 0.3) is 4.96 Å². The van der Waals surface area contributed by atoms with E-state index >= 15 is 0 Å². The first-order valence-electron chi connectivity index (χ1n) is 5.56. The van der Waals surface area contributed by atoms with E-state index in [4.69, 9.17) is 4.74 Å². The lowest BCUT2D eigenvalue weighted by Crippen LogP contribution is -2.44. The van der Waals surface area contributed by atoms with Crippen LogP contribution in [-0.2, 0) is 4.74 Å². The minimum atomic E-state index is 0.257. The van der Waals surface area contributed by atoms with Crippen LogP contribution in [0.4, 0.5) is 5.82 Å². The number of fused-ring (bicyclic) bond motifs is 1. The van der Waals surface area contributed by atoms with Gasteiger partial charge in [0.1, 0.15) is 5.69 Å². The maximum Gasteiger partial charge on any atom is 0.196 e. The molecule has 1 aliphatic rings. The Balaban J connectivity index is 2.08. The molecule has 0 N–H and O–H groups in total. The largest absolute Gasteiger partial charge is 0.377 e. The van der Waals surface area contributed by atoms with Gasteiger partial charge in [-0.1, -0.05) is 0 Å². The Labute approximate surface area is 103 Å². The molecule has 5 nitrogen and oxygen atoms in total. The highest BCUT2D eigenvalue weighted by atomic mass is 32.1. The van der Waals surface area contributed by atoms with Crippen LogP contribution in [0, 0.1) is 0 Å². The molecule has 0 aromatic carbocycles. The van der Waals surface area contributed by atoms with E-state index in [1.165, 1.54) is 11.3 Å². The average molecular weight is 251 g/mol. The number of ether oxygens (including phenoxy) is 1. The van der Waals surface area contributed by atoms with Gasteiger partial charge in [0.05, 0.1) is 19.3 Å². The molecule has 0 aliphatic carbocycles. The predicted molar refractivity (Wildman–Crippen MR) is 66.1 cm³/mol. The second kappa shape index (κ2) is 4.12. The van der Waals surface area contributed by atoms with Crippen molar-refractivity contribution in [3.8, 4) is 0 Å². The molecule has 3 rings (SSSR count). The standard InChI is InChI=1S/C11H13N3O2S/c1-8-7-16-4-2-13(8)10-9(6-15)14-3-5-17-11(14)12-10/h3,5-6,8H,2,4,7H2,1H3. The zero-order chi connectivity index (χ0) is 11.8. The zero-order valence-corrected chi connectivity index (χ0v) is 10.3. The normalized spacial score (nSPS) is 21.0. The van der Waals surface area contributed by atoms with Crippen molar-refractivity contribution in [2.24, 2.45) is 0 Å². The zero-order valence-electron chi connectivity index (χ0n) is 9.50. The highest BCUT2D eigenvalue weighted by Gasteiger charge is 2.25. The average Bonchev–Trinajstić information content (AvgIpc) is 2.89. The summed E-state index contributed by atoms with van der Waals surface area (Å²) >= 11 is 1.54. The van der Waals surface area contributed by atoms with Gasteiger partial charge in [0, 0.05) is 18.1 Å². The first-order valence-corrected chi connectivity index (χ1v) is 6.44. The Morgan fingerprint density at radius 2 is 2.53 bits per heavy atom. The van der Waals surface area contributed by atoms with Gasteiger partial charge in [0.2, 0.25) is 0 Å². The van der Waals surface area contributed by atoms with Gasteiger partial charge >= 0.3 is 0 Å². The van der Waals surface area contributed by atoms with E-state index < -0.39 is 0 Å². The molecule has 1 aliphatic heterocycles. The number of aromatic nitrogens is 2. The van der Waals surface area contributed by atoms with Crippen molar-refractivity contribution in [2.45, 2.75) is 13.0 Å². The van der Waals surface area contributed by atoms with Gasteiger partial charge < -0.3 is 9.64 Å². The highest BCUT2D eigenvalue weighted by Crippen LogP contribution is 2.25. The quantitative estimate of drug-likeness (QED) is 0.758. The second-order valence-corrected chi connectivity index (χ2v) is 4.98. The Bertz CT molecular complexity index is 548. The van der Waals surface area contributed by atoms with Crippen molar-refractivity contribution in [1.82, 2.24) is 9.38 Å². The van der Waals surface area contributed by atoms with Crippen LogP contribution in [0.5, 0.6) is 0 Å². The summed E-state index contributed by atoms with van der Waals surface area (Å²) in [6.45, 7) is 4.24. The Hall–Kier alpha value is -1.40. The summed E-state index contributed by atoms with van der Waals surface area (Å²) in [5.41, 5.74) is 0.634. The lowest BCUT2D eigenvalue weighted by atomic mass is 10.2. The summed E-state index contributed by atoms with van der Waals surface area (Å²) < 4.78 is 7.24. The van der Waals surface area contributed by atoms with Crippen molar-refractivity contribution in [2.75, 3.05) is 24.7 Å². The van der Waals surface area contributed by atoms with E-state index in [9.17, 15) is 4.79 Å². The molecule has 90 valence electrons. The monoisotopic (exact) mass is 251 g/mol. The van der Waals surface area contributed by atoms with Crippen LogP contribution in [0.1, 0.15) is 17.4 Å². The van der Waals surface area contributed by atoms with Gasteiger partial charge in [-0.3, -0.25) is 9.20 Å². The first kappa shape index (κ1) is 10.7. The number of anilines is 1. The lowest BCUT2D eigenvalue weighted by molar-refractivity contribution is 0.0981. The van der Waals surface area contributed by atoms with Crippen molar-refractivity contribution >= 4 is 28.4 Å². The molecule has 3 heterocycles. The summed E-state index contributed by atoms with van der Waals surface area (Å²) in [6.07, 6.45) is 2.76. The van der Waals surface area contributed by atoms with Crippen LogP contribution in [0.15, 0.2) is 11.6 Å². The second-order valence-electron chi connectivity index (χ2n) is 4.11. The van der Waals surface area contributed by atoms with E-state index in [-0.39, 0.29) is 6.04 Å². The third-order valence-electron chi connectivity index (χ3n) is 3.03. The van der Waals surface area contributed by atoms with Gasteiger partial charge in [0.25, 0.3) is 0 Å². The van der Waals surface area contributed by atoms with Gasteiger partial charge in [-0.15, -0.1) is 11.3 Å². The molecule has 0 saturated carbocycles. The summed E-state index contributed by atoms with van der Waals surface area (Å²) in [5, 5.41) is 1.93. The molecule has 1 saturated heterocycles. The summed E-state index contributed by atoms with van der Waals surface area (Å²) in [7, 11) is 0. The number of thiazole rings is 1. The predicted octanol–water partition coefficient (Wildman–Crippen LogP) is 1.43. The SMILES string of the molecule is CC1COCCN1c1nc2sccn2c1C=O. The number of rotatable bonds is 2. The van der Waals surface area contributed by atoms with Crippen LogP contribution in [0.2, 0.25) is 0 Å². The Morgan fingerprint density at radius 3 is 3.29 bits per heavy atom. The fraction of sp³-hybridized carbons (Fsp3) is 0.455. The van der Waals surface area contributed by atoms with E-state index in [0.29, 0.717) is 18.9 Å². The minimum absolute atomic E-state index is 0.257. The third-order valence-corrected chi connectivity index (χ3v) is 3.79. The Morgan fingerprint density at radius 1 is 1.65 bits per heavy atom. The van der Waals surface area contributed by atoms with Crippen molar-refractivity contribution < 1.29 is 9.53 Å². The van der Waals surface area contributed by atoms with Gasteiger partial charge in [-0.25, -0.2) is 4.98 Å². The fourth-order valence-electron chi connectivity index (χ4n) is 2.15. The summed E-state index contributed by atoms with van der Waals surface area (Å²) in [6, 6.07) is 0.257. The number of hydrogen-bond donors (Lipinski definition) is 0. The number of nitrogens with zero attached hydrogens (tertiary/aromatic N) is 3. The van der Waals surface area contributed by atoms with Gasteiger partial charge in [0.15, 0.2) is 17.1 Å². The molecule has 2 aromatic rings. The van der Waals surface area contributed by atoms with Crippen molar-refractivity contribution in [1.29, 1.82) is 0 Å². The maximum atomic E-state index is 11.2. The molecule has 1 unspecified atom stereocenters. The number of carbonyl (C=O) groups is 1. The minimum Gasteiger partial charge on any atom is -0.377 e. The molecule has 2 aromatic heterocycles. The van der Waals surface area contributed by atoms with E-state index in [1.807, 2.05) is 16.0 Å². The topological polar surface area (TPSA) is 46.8 Å². The molecule has 17 heavy (non-hydrogen) atoms.